The molecule has 3 aromatic carbocycles. The number of rotatable bonds is 9. The Balaban J connectivity index is 1.46. The molecule has 6 rings (SSSR count). The van der Waals surface area contributed by atoms with E-state index in [4.69, 9.17) is 0 Å². The minimum absolute atomic E-state index is 0.199. The third kappa shape index (κ3) is 6.10. The lowest BCUT2D eigenvalue weighted by Crippen LogP contribution is -2.37. The van der Waals surface area contributed by atoms with Crippen molar-refractivity contribution in [1.29, 1.82) is 0 Å². The highest BCUT2D eigenvalue weighted by Gasteiger charge is 2.41. The minimum atomic E-state index is -3.72. The van der Waals surface area contributed by atoms with Crippen LogP contribution in [0.3, 0.4) is 0 Å². The molecular formula is C35H41N7O3S2. The Labute approximate surface area is 280 Å². The topological polar surface area (TPSA) is 123 Å². The lowest BCUT2D eigenvalue weighted by molar-refractivity contribution is -0.124. The maximum absolute atomic E-state index is 14.1. The molecule has 0 saturated carbocycles. The molecule has 0 spiro atoms. The molecule has 1 aliphatic rings. The van der Waals surface area contributed by atoms with Crippen molar-refractivity contribution in [2.45, 2.75) is 78.3 Å². The van der Waals surface area contributed by atoms with Gasteiger partial charge in [0.1, 0.15) is 11.8 Å². The van der Waals surface area contributed by atoms with Crippen LogP contribution in [0.4, 0.5) is 5.13 Å². The highest BCUT2D eigenvalue weighted by Crippen LogP contribution is 2.45. The predicted octanol–water partition coefficient (Wildman–Crippen LogP) is 6.49. The summed E-state index contributed by atoms with van der Waals surface area (Å²) in [5.41, 5.74) is 6.35. The molecule has 0 aliphatic carbocycles. The maximum atomic E-state index is 14.1. The molecule has 1 amide bonds. The monoisotopic (exact) mass is 671 g/mol. The third-order valence-corrected chi connectivity index (χ3v) is 12.2. The van der Waals surface area contributed by atoms with Gasteiger partial charge in [-0.1, -0.05) is 74.9 Å². The number of anilines is 1. The maximum Gasteiger partial charge on any atom is 0.243 e. The van der Waals surface area contributed by atoms with Crippen LogP contribution in [-0.2, 0) is 34.3 Å². The number of aromatic nitrogens is 5. The Morgan fingerprint density at radius 3 is 2.62 bits per heavy atom. The van der Waals surface area contributed by atoms with Crippen molar-refractivity contribution in [3.63, 3.8) is 0 Å². The molecule has 2 aromatic heterocycles. The quantitative estimate of drug-likeness (QED) is 0.190. The van der Waals surface area contributed by atoms with Crippen molar-refractivity contribution in [3.05, 3.63) is 94.3 Å². The van der Waals surface area contributed by atoms with Crippen LogP contribution in [0.2, 0.25) is 0 Å². The van der Waals surface area contributed by atoms with Gasteiger partial charge in [-0.05, 0) is 78.6 Å². The molecule has 10 nitrogen and oxygen atoms in total. The summed E-state index contributed by atoms with van der Waals surface area (Å²) in [5.74, 6) is -0.398. The Morgan fingerprint density at radius 1 is 1.11 bits per heavy atom. The van der Waals surface area contributed by atoms with E-state index in [9.17, 15) is 13.2 Å². The van der Waals surface area contributed by atoms with Gasteiger partial charge in [0, 0.05) is 37.1 Å². The van der Waals surface area contributed by atoms with E-state index in [2.05, 4.69) is 50.1 Å². The molecule has 0 saturated heterocycles. The fraction of sp³-hybridized carbons (Fsp3) is 0.400. The summed E-state index contributed by atoms with van der Waals surface area (Å²) >= 11 is 1.13. The molecule has 0 bridgehead atoms. The van der Waals surface area contributed by atoms with Crippen molar-refractivity contribution < 1.29 is 13.2 Å². The van der Waals surface area contributed by atoms with Gasteiger partial charge >= 0.3 is 0 Å². The molecule has 1 N–H and O–H groups in total. The van der Waals surface area contributed by atoms with E-state index in [0.29, 0.717) is 23.1 Å². The van der Waals surface area contributed by atoms with E-state index in [1.807, 2.05) is 63.6 Å². The summed E-state index contributed by atoms with van der Waals surface area (Å²) in [6, 6.07) is 17.6. The SMILES string of the molecule is CC[C@H]1Cc2ccccc2S(=O)(=O)N(Cc2cc(C(c3ccc4c(nnn4CC)c3C)C(C)(C)C(=O)Nc3ncns3)ccc2C)C1. The average Bonchev–Trinajstić information content (AvgIpc) is 3.71. The van der Waals surface area contributed by atoms with E-state index < -0.39 is 21.4 Å². The number of carbonyl (C=O) groups is 1. The second-order valence-corrected chi connectivity index (χ2v) is 15.7. The van der Waals surface area contributed by atoms with Gasteiger partial charge in [0.2, 0.25) is 21.1 Å². The highest BCUT2D eigenvalue weighted by atomic mass is 32.2. The normalized spacial score (nSPS) is 17.3. The second-order valence-electron chi connectivity index (χ2n) is 13.0. The van der Waals surface area contributed by atoms with E-state index in [1.54, 1.807) is 16.4 Å². The summed E-state index contributed by atoms with van der Waals surface area (Å²) < 4.78 is 35.7. The van der Waals surface area contributed by atoms with Gasteiger partial charge in [0.15, 0.2) is 0 Å². The molecule has 5 aromatic rings. The van der Waals surface area contributed by atoms with Crippen molar-refractivity contribution in [3.8, 4) is 0 Å². The molecule has 0 radical (unpaired) electrons. The van der Waals surface area contributed by atoms with Crippen LogP contribution in [-0.4, -0.2) is 49.5 Å². The minimum Gasteiger partial charge on any atom is -0.300 e. The number of carbonyl (C=O) groups excluding carboxylic acids is 1. The molecular weight excluding hydrogens is 631 g/mol. The van der Waals surface area contributed by atoms with Gasteiger partial charge in [0.05, 0.1) is 15.8 Å². The number of sulfonamides is 1. The molecule has 0 fully saturated rings. The van der Waals surface area contributed by atoms with Crippen molar-refractivity contribution in [2.75, 3.05) is 11.9 Å². The number of nitrogens with zero attached hydrogens (tertiary/aromatic N) is 6. The number of hydrogen-bond acceptors (Lipinski definition) is 8. The van der Waals surface area contributed by atoms with Crippen LogP contribution >= 0.6 is 11.5 Å². The van der Waals surface area contributed by atoms with Crippen molar-refractivity contribution in [2.24, 2.45) is 11.3 Å². The number of nitrogens with one attached hydrogen (secondary N) is 1. The molecule has 1 unspecified atom stereocenters. The van der Waals surface area contributed by atoms with Crippen LogP contribution in [0.1, 0.15) is 73.4 Å². The first-order valence-electron chi connectivity index (χ1n) is 16.0. The van der Waals surface area contributed by atoms with Gasteiger partial charge in [-0.25, -0.2) is 18.1 Å². The summed E-state index contributed by atoms with van der Waals surface area (Å²) in [7, 11) is -3.72. The Kier molecular flexibility index (Phi) is 9.03. The first-order valence-corrected chi connectivity index (χ1v) is 18.2. The lowest BCUT2D eigenvalue weighted by atomic mass is 9.69. The summed E-state index contributed by atoms with van der Waals surface area (Å²) in [6.45, 7) is 13.4. The van der Waals surface area contributed by atoms with Crippen LogP contribution < -0.4 is 5.32 Å². The summed E-state index contributed by atoms with van der Waals surface area (Å²) in [4.78, 5) is 18.6. The summed E-state index contributed by atoms with van der Waals surface area (Å²) in [6.07, 6.45) is 3.03. The Morgan fingerprint density at radius 2 is 1.89 bits per heavy atom. The highest BCUT2D eigenvalue weighted by molar-refractivity contribution is 7.89. The fourth-order valence-electron chi connectivity index (χ4n) is 6.81. The van der Waals surface area contributed by atoms with Gasteiger partial charge < -0.3 is 5.32 Å². The lowest BCUT2D eigenvalue weighted by Gasteiger charge is -2.35. The number of amides is 1. The van der Waals surface area contributed by atoms with E-state index in [1.165, 1.54) is 6.33 Å². The zero-order valence-corrected chi connectivity index (χ0v) is 29.3. The Bertz CT molecular complexity index is 2040. The first-order chi connectivity index (χ1) is 22.4. The van der Waals surface area contributed by atoms with E-state index >= 15 is 0 Å². The van der Waals surface area contributed by atoms with E-state index in [-0.39, 0.29) is 18.4 Å². The van der Waals surface area contributed by atoms with Gasteiger partial charge in [-0.15, -0.1) is 5.10 Å². The average molecular weight is 672 g/mol. The number of aryl methyl sites for hydroxylation is 3. The third-order valence-electron chi connectivity index (χ3n) is 9.67. The number of hydrogen-bond donors (Lipinski definition) is 1. The molecule has 3 heterocycles. The zero-order valence-electron chi connectivity index (χ0n) is 27.7. The second kappa shape index (κ2) is 12.9. The fourth-order valence-corrected chi connectivity index (χ4v) is 8.97. The van der Waals surface area contributed by atoms with E-state index in [0.717, 1.165) is 68.8 Å². The van der Waals surface area contributed by atoms with Gasteiger partial charge in [0.25, 0.3) is 0 Å². The van der Waals surface area contributed by atoms with Crippen LogP contribution in [0.25, 0.3) is 11.0 Å². The standard InChI is InChI=1S/C35H41N7O3S2/c1-7-24-17-25-11-9-10-12-30(25)47(44,45)41(19-24)20-27-18-26(14-13-22(27)3)31(35(5,6)33(43)38-34-36-21-37-46-34)28-15-16-29-32(23(28)4)39-40-42(29)8-2/h9-16,18,21,24,31H,7-8,17,19-20H2,1-6H3,(H,36,37,38,43)/t24-,31?/m0/s1. The summed E-state index contributed by atoms with van der Waals surface area (Å²) in [5, 5.41) is 12.3. The first kappa shape index (κ1) is 32.9. The van der Waals surface area contributed by atoms with Gasteiger partial charge in [-0.3, -0.25) is 4.79 Å². The molecule has 246 valence electrons. The zero-order chi connectivity index (χ0) is 33.5. The number of fused-ring (bicyclic) bond motifs is 2. The smallest absolute Gasteiger partial charge is 0.243 e. The van der Waals surface area contributed by atoms with Crippen molar-refractivity contribution >= 4 is 43.6 Å². The molecule has 2 atom stereocenters. The number of benzene rings is 3. The molecule has 1 aliphatic heterocycles. The van der Waals surface area contributed by atoms with Crippen LogP contribution in [0.15, 0.2) is 65.8 Å². The van der Waals surface area contributed by atoms with Gasteiger partial charge in [-0.2, -0.15) is 8.68 Å². The largest absolute Gasteiger partial charge is 0.300 e. The molecule has 12 heteroatoms. The molecule has 47 heavy (non-hydrogen) atoms. The van der Waals surface area contributed by atoms with Crippen LogP contribution in [0.5, 0.6) is 0 Å². The van der Waals surface area contributed by atoms with Crippen molar-refractivity contribution in [1.82, 2.24) is 28.7 Å². The Hall–Kier alpha value is -4.00. The predicted molar refractivity (Wildman–Crippen MR) is 185 cm³/mol. The van der Waals surface area contributed by atoms with Crippen LogP contribution in [0, 0.1) is 25.2 Å².